The molecule has 0 rings (SSSR count). The van der Waals surface area contributed by atoms with Gasteiger partial charge >= 0.3 is 5.97 Å². The summed E-state index contributed by atoms with van der Waals surface area (Å²) in [7, 11) is 0. The van der Waals surface area contributed by atoms with Crippen molar-refractivity contribution < 1.29 is 9.90 Å². The molecule has 0 saturated heterocycles. The van der Waals surface area contributed by atoms with Gasteiger partial charge in [-0.3, -0.25) is 4.79 Å². The molecular formula is C8H16O2Si. The molecule has 2 nitrogen and oxygen atoms in total. The number of carboxylic acid groups (broad SMARTS) is 1. The highest BCUT2D eigenvalue weighted by atomic mass is 28.1. The number of hydrogen-bond donors (Lipinski definition) is 1. The Bertz CT molecular complexity index is 104. The van der Waals surface area contributed by atoms with Gasteiger partial charge in [-0.25, -0.2) is 0 Å². The molecule has 11 heavy (non-hydrogen) atoms. The maximum atomic E-state index is 10.4. The minimum Gasteiger partial charge on any atom is -0.481 e. The van der Waals surface area contributed by atoms with Gasteiger partial charge in [0.05, 0.1) is 5.92 Å². The van der Waals surface area contributed by atoms with E-state index in [1.807, 2.05) is 6.92 Å². The van der Waals surface area contributed by atoms with E-state index in [0.717, 1.165) is 25.7 Å². The SMILES string of the molecule is CCCCC(CC)C(=O)O.[Si]. The molecule has 0 bridgehead atoms. The van der Waals surface area contributed by atoms with Crippen LogP contribution in [0, 0.1) is 5.92 Å². The number of carboxylic acids is 1. The third kappa shape index (κ3) is 6.10. The standard InChI is InChI=1S/C8H16O2.Si/c1-3-5-6-7(4-2)8(9)10;/h7H,3-6H2,1-2H3,(H,9,10);. The van der Waals surface area contributed by atoms with E-state index >= 15 is 0 Å². The molecule has 64 valence electrons. The van der Waals surface area contributed by atoms with Crippen LogP contribution in [0.2, 0.25) is 0 Å². The van der Waals surface area contributed by atoms with Crippen LogP contribution in [-0.2, 0) is 4.79 Å². The highest BCUT2D eigenvalue weighted by Gasteiger charge is 2.12. The molecule has 0 aliphatic carbocycles. The Labute approximate surface area is 73.0 Å². The fourth-order valence-corrected chi connectivity index (χ4v) is 0.953. The zero-order chi connectivity index (χ0) is 7.98. The second-order valence-corrected chi connectivity index (χ2v) is 2.59. The van der Waals surface area contributed by atoms with Crippen LogP contribution in [0.5, 0.6) is 0 Å². The highest BCUT2D eigenvalue weighted by molar-refractivity contribution is 5.75. The summed E-state index contributed by atoms with van der Waals surface area (Å²) < 4.78 is 0. The van der Waals surface area contributed by atoms with Crippen molar-refractivity contribution in [1.29, 1.82) is 0 Å². The predicted octanol–water partition coefficient (Wildman–Crippen LogP) is 1.91. The van der Waals surface area contributed by atoms with E-state index in [9.17, 15) is 4.79 Å². The second kappa shape index (κ2) is 7.79. The number of rotatable bonds is 5. The Morgan fingerprint density at radius 2 is 2.00 bits per heavy atom. The lowest BCUT2D eigenvalue weighted by atomic mass is 10.00. The first-order chi connectivity index (χ1) is 4.72. The van der Waals surface area contributed by atoms with Crippen molar-refractivity contribution in [1.82, 2.24) is 0 Å². The first-order valence-electron chi connectivity index (χ1n) is 3.95. The van der Waals surface area contributed by atoms with Crippen molar-refractivity contribution in [2.24, 2.45) is 5.92 Å². The van der Waals surface area contributed by atoms with Crippen LogP contribution < -0.4 is 0 Å². The lowest BCUT2D eigenvalue weighted by Gasteiger charge is -2.06. The van der Waals surface area contributed by atoms with Crippen LogP contribution in [0.25, 0.3) is 0 Å². The van der Waals surface area contributed by atoms with Crippen LogP contribution in [0.1, 0.15) is 39.5 Å². The molecule has 0 heterocycles. The van der Waals surface area contributed by atoms with E-state index in [2.05, 4.69) is 6.92 Å². The molecule has 0 aromatic rings. The van der Waals surface area contributed by atoms with Crippen molar-refractivity contribution in [2.75, 3.05) is 0 Å². The smallest absolute Gasteiger partial charge is 0.306 e. The van der Waals surface area contributed by atoms with E-state index in [1.165, 1.54) is 0 Å². The van der Waals surface area contributed by atoms with Gasteiger partial charge in [0.15, 0.2) is 0 Å². The normalized spacial score (nSPS) is 11.8. The molecule has 3 heteroatoms. The topological polar surface area (TPSA) is 37.3 Å². The van der Waals surface area contributed by atoms with Gasteiger partial charge < -0.3 is 5.11 Å². The molecule has 0 aromatic heterocycles. The molecule has 0 spiro atoms. The van der Waals surface area contributed by atoms with E-state index < -0.39 is 5.97 Å². The van der Waals surface area contributed by atoms with Crippen LogP contribution in [0.15, 0.2) is 0 Å². The number of carbonyl (C=O) groups is 1. The summed E-state index contributed by atoms with van der Waals surface area (Å²) in [6.07, 6.45) is 3.71. The summed E-state index contributed by atoms with van der Waals surface area (Å²) in [4.78, 5) is 10.4. The van der Waals surface area contributed by atoms with Crippen molar-refractivity contribution >= 4 is 16.9 Å². The Hall–Kier alpha value is -0.313. The Balaban J connectivity index is 0. The summed E-state index contributed by atoms with van der Waals surface area (Å²) in [5, 5.41) is 8.60. The summed E-state index contributed by atoms with van der Waals surface area (Å²) in [5.41, 5.74) is 0. The maximum Gasteiger partial charge on any atom is 0.306 e. The molecule has 1 unspecified atom stereocenters. The summed E-state index contributed by atoms with van der Waals surface area (Å²) in [6.45, 7) is 4.00. The average Bonchev–Trinajstić information content (AvgIpc) is 1.89. The molecule has 0 amide bonds. The van der Waals surface area contributed by atoms with Crippen molar-refractivity contribution in [2.45, 2.75) is 39.5 Å². The first kappa shape index (κ1) is 13.3. The van der Waals surface area contributed by atoms with E-state index in [4.69, 9.17) is 5.11 Å². The quantitative estimate of drug-likeness (QED) is 0.643. The summed E-state index contributed by atoms with van der Waals surface area (Å²) in [5.74, 6) is -0.754. The molecule has 4 radical (unpaired) electrons. The molecule has 0 aliphatic heterocycles. The predicted molar refractivity (Wildman–Crippen MR) is 46.7 cm³/mol. The van der Waals surface area contributed by atoms with Gasteiger partial charge in [0.25, 0.3) is 0 Å². The van der Waals surface area contributed by atoms with Crippen LogP contribution in [-0.4, -0.2) is 22.0 Å². The van der Waals surface area contributed by atoms with Crippen molar-refractivity contribution in [3.63, 3.8) is 0 Å². The highest BCUT2D eigenvalue weighted by Crippen LogP contribution is 2.11. The van der Waals surface area contributed by atoms with Gasteiger partial charge in [-0.15, -0.1) is 0 Å². The minimum absolute atomic E-state index is 0. The zero-order valence-corrected chi connectivity index (χ0v) is 8.26. The Kier molecular flexibility index (Phi) is 9.41. The molecule has 0 aromatic carbocycles. The molecule has 0 aliphatic rings. The molecule has 0 fully saturated rings. The van der Waals surface area contributed by atoms with Crippen molar-refractivity contribution in [3.8, 4) is 0 Å². The van der Waals surface area contributed by atoms with Crippen LogP contribution >= 0.6 is 0 Å². The monoisotopic (exact) mass is 172 g/mol. The summed E-state index contributed by atoms with van der Waals surface area (Å²) >= 11 is 0. The van der Waals surface area contributed by atoms with E-state index in [0.29, 0.717) is 0 Å². The molecule has 0 saturated carbocycles. The maximum absolute atomic E-state index is 10.4. The van der Waals surface area contributed by atoms with E-state index in [-0.39, 0.29) is 16.9 Å². The third-order valence-corrected chi connectivity index (χ3v) is 1.75. The van der Waals surface area contributed by atoms with Crippen LogP contribution in [0.4, 0.5) is 0 Å². The lowest BCUT2D eigenvalue weighted by Crippen LogP contribution is -2.11. The fraction of sp³-hybridized carbons (Fsp3) is 0.875. The molecule has 1 N–H and O–H groups in total. The lowest BCUT2D eigenvalue weighted by molar-refractivity contribution is -0.142. The second-order valence-electron chi connectivity index (χ2n) is 2.59. The van der Waals surface area contributed by atoms with Gasteiger partial charge in [-0.05, 0) is 12.8 Å². The fourth-order valence-electron chi connectivity index (χ4n) is 0.953. The van der Waals surface area contributed by atoms with Crippen molar-refractivity contribution in [3.05, 3.63) is 0 Å². The van der Waals surface area contributed by atoms with Gasteiger partial charge in [-0.1, -0.05) is 26.7 Å². The van der Waals surface area contributed by atoms with Gasteiger partial charge in [0, 0.05) is 11.0 Å². The largest absolute Gasteiger partial charge is 0.481 e. The Morgan fingerprint density at radius 1 is 1.45 bits per heavy atom. The van der Waals surface area contributed by atoms with Gasteiger partial charge in [-0.2, -0.15) is 0 Å². The van der Waals surface area contributed by atoms with Gasteiger partial charge in [0.2, 0.25) is 0 Å². The Morgan fingerprint density at radius 3 is 2.27 bits per heavy atom. The molecular weight excluding hydrogens is 156 g/mol. The summed E-state index contributed by atoms with van der Waals surface area (Å²) in [6, 6.07) is 0. The van der Waals surface area contributed by atoms with Crippen LogP contribution in [0.3, 0.4) is 0 Å². The minimum atomic E-state index is -0.643. The number of unbranched alkanes of at least 4 members (excludes halogenated alkanes) is 1. The van der Waals surface area contributed by atoms with E-state index in [1.54, 1.807) is 0 Å². The van der Waals surface area contributed by atoms with Gasteiger partial charge in [0.1, 0.15) is 0 Å². The number of hydrogen-bond acceptors (Lipinski definition) is 1. The third-order valence-electron chi connectivity index (χ3n) is 1.75. The zero-order valence-electron chi connectivity index (χ0n) is 7.26. The average molecular weight is 172 g/mol. The number of aliphatic carboxylic acids is 1. The first-order valence-corrected chi connectivity index (χ1v) is 3.95. The molecule has 1 atom stereocenters.